The maximum Gasteiger partial charge on any atom is 0.306 e. The van der Waals surface area contributed by atoms with Crippen LogP contribution in [0.4, 0.5) is 0 Å². The highest BCUT2D eigenvalue weighted by atomic mass is 16.6. The van der Waals surface area contributed by atoms with E-state index in [2.05, 4.69) is 81.5 Å². The highest BCUT2D eigenvalue weighted by molar-refractivity contribution is 5.71. The second kappa shape index (κ2) is 66.6. The molecule has 0 aliphatic heterocycles. The molecular formula is C72H130O6. The van der Waals surface area contributed by atoms with Crippen molar-refractivity contribution >= 4 is 17.9 Å². The molecule has 0 saturated carbocycles. The molecule has 6 nitrogen and oxygen atoms in total. The van der Waals surface area contributed by atoms with E-state index >= 15 is 0 Å². The lowest BCUT2D eigenvalue weighted by atomic mass is 10.0. The number of unbranched alkanes of at least 4 members (excludes halogenated alkanes) is 42. The molecule has 78 heavy (non-hydrogen) atoms. The quantitative estimate of drug-likeness (QED) is 0.0261. The van der Waals surface area contributed by atoms with Gasteiger partial charge in [0.1, 0.15) is 13.2 Å². The number of carbonyl (C=O) groups is 3. The molecule has 1 unspecified atom stereocenters. The summed E-state index contributed by atoms with van der Waals surface area (Å²) in [6.07, 6.45) is 85.2. The highest BCUT2D eigenvalue weighted by Crippen LogP contribution is 2.18. The summed E-state index contributed by atoms with van der Waals surface area (Å²) < 4.78 is 17.0. The molecule has 454 valence electrons. The maximum atomic E-state index is 13.0. The molecule has 0 aromatic heterocycles. The average molecular weight is 1090 g/mol. The van der Waals surface area contributed by atoms with Gasteiger partial charge in [-0.25, -0.2) is 0 Å². The van der Waals surface area contributed by atoms with E-state index in [0.29, 0.717) is 19.3 Å². The van der Waals surface area contributed by atoms with Crippen molar-refractivity contribution in [1.82, 2.24) is 0 Å². The Morgan fingerprint density at radius 2 is 0.500 bits per heavy atom. The first kappa shape index (κ1) is 75.1. The van der Waals surface area contributed by atoms with Gasteiger partial charge in [-0.1, -0.05) is 319 Å². The Balaban J connectivity index is 4.35. The monoisotopic (exact) mass is 1090 g/mol. The standard InChI is InChI=1S/C72H130O6/c1-4-7-10-13-16-19-22-25-28-31-34-36-38-41-44-47-50-53-56-59-62-65-71(74)77-68-69(67-76-70(73)64-61-58-55-52-49-46-43-40-33-30-27-24-21-18-15-12-9-6-3)78-72(75)66-63-60-57-54-51-48-45-42-39-37-35-32-29-26-23-20-17-14-11-8-5-2/h7,10,16,19,25,28,32,34-36,69H,4-6,8-9,11-15,17-18,20-24,26-27,29-31,33,37-68H2,1-3H3/b10-7-,19-16-,28-25-,35-32-,36-34-. The van der Waals surface area contributed by atoms with Crippen molar-refractivity contribution < 1.29 is 28.6 Å². The normalized spacial score (nSPS) is 12.4. The molecule has 6 heteroatoms. The minimum Gasteiger partial charge on any atom is -0.462 e. The summed E-state index contributed by atoms with van der Waals surface area (Å²) in [5, 5.41) is 0. The van der Waals surface area contributed by atoms with Gasteiger partial charge in [-0.15, -0.1) is 0 Å². The summed E-state index contributed by atoms with van der Waals surface area (Å²) in [6.45, 7) is 6.58. The van der Waals surface area contributed by atoms with Gasteiger partial charge >= 0.3 is 17.9 Å². The summed E-state index contributed by atoms with van der Waals surface area (Å²) in [6, 6.07) is 0. The molecule has 0 radical (unpaired) electrons. The number of hydrogen-bond acceptors (Lipinski definition) is 6. The third-order valence-corrected chi connectivity index (χ3v) is 15.3. The van der Waals surface area contributed by atoms with Crippen LogP contribution in [0, 0.1) is 0 Å². The smallest absolute Gasteiger partial charge is 0.306 e. The molecule has 0 aromatic carbocycles. The van der Waals surface area contributed by atoms with E-state index in [-0.39, 0.29) is 31.1 Å². The third-order valence-electron chi connectivity index (χ3n) is 15.3. The van der Waals surface area contributed by atoms with Crippen LogP contribution in [0.25, 0.3) is 0 Å². The van der Waals surface area contributed by atoms with Gasteiger partial charge in [0.15, 0.2) is 6.10 Å². The van der Waals surface area contributed by atoms with Crippen LogP contribution in [-0.4, -0.2) is 37.2 Å². The first-order chi connectivity index (χ1) is 38.5. The summed E-state index contributed by atoms with van der Waals surface area (Å²) >= 11 is 0. The molecule has 0 aromatic rings. The molecular weight excluding hydrogens is 961 g/mol. The van der Waals surface area contributed by atoms with Crippen LogP contribution < -0.4 is 0 Å². The number of ether oxygens (including phenoxy) is 3. The number of carbonyl (C=O) groups excluding carboxylic acids is 3. The van der Waals surface area contributed by atoms with E-state index in [9.17, 15) is 14.4 Å². The van der Waals surface area contributed by atoms with Crippen LogP contribution in [0.5, 0.6) is 0 Å². The number of hydrogen-bond donors (Lipinski definition) is 0. The number of rotatable bonds is 63. The first-order valence-electron chi connectivity index (χ1n) is 34.3. The van der Waals surface area contributed by atoms with E-state index in [1.54, 1.807) is 0 Å². The fourth-order valence-electron chi connectivity index (χ4n) is 10.1. The van der Waals surface area contributed by atoms with Crippen molar-refractivity contribution in [3.8, 4) is 0 Å². The van der Waals surface area contributed by atoms with Gasteiger partial charge in [0.2, 0.25) is 0 Å². The van der Waals surface area contributed by atoms with Crippen molar-refractivity contribution in [2.75, 3.05) is 13.2 Å². The molecule has 0 bridgehead atoms. The summed E-state index contributed by atoms with van der Waals surface area (Å²) in [7, 11) is 0. The van der Waals surface area contributed by atoms with Gasteiger partial charge in [0.25, 0.3) is 0 Å². The Hall–Kier alpha value is -2.89. The lowest BCUT2D eigenvalue weighted by Crippen LogP contribution is -2.30. The largest absolute Gasteiger partial charge is 0.462 e. The first-order valence-corrected chi connectivity index (χ1v) is 34.3. The molecule has 0 aliphatic carbocycles. The number of esters is 3. The van der Waals surface area contributed by atoms with Crippen LogP contribution in [0.1, 0.15) is 361 Å². The Morgan fingerprint density at radius 3 is 0.795 bits per heavy atom. The molecule has 0 N–H and O–H groups in total. The molecule has 0 spiro atoms. The van der Waals surface area contributed by atoms with Gasteiger partial charge in [-0.2, -0.15) is 0 Å². The zero-order valence-corrected chi connectivity index (χ0v) is 52.2. The Labute approximate surface area is 485 Å². The zero-order chi connectivity index (χ0) is 56.4. The van der Waals surface area contributed by atoms with Crippen molar-refractivity contribution in [1.29, 1.82) is 0 Å². The minimum atomic E-state index is -0.779. The topological polar surface area (TPSA) is 78.9 Å². The minimum absolute atomic E-state index is 0.0735. The predicted molar refractivity (Wildman–Crippen MR) is 339 cm³/mol. The Morgan fingerprint density at radius 1 is 0.269 bits per heavy atom. The van der Waals surface area contributed by atoms with E-state index in [4.69, 9.17) is 14.2 Å². The predicted octanol–water partition coefficient (Wildman–Crippen LogP) is 23.5. The van der Waals surface area contributed by atoms with Crippen LogP contribution >= 0.6 is 0 Å². The highest BCUT2D eigenvalue weighted by Gasteiger charge is 2.19. The Kier molecular flexibility index (Phi) is 64.2. The second-order valence-corrected chi connectivity index (χ2v) is 23.1. The molecule has 0 saturated heterocycles. The van der Waals surface area contributed by atoms with E-state index < -0.39 is 6.10 Å². The summed E-state index contributed by atoms with van der Waals surface area (Å²) in [4.78, 5) is 38.4. The molecule has 0 rings (SSSR count). The van der Waals surface area contributed by atoms with Gasteiger partial charge in [-0.3, -0.25) is 14.4 Å². The molecule has 0 amide bonds. The van der Waals surface area contributed by atoms with Gasteiger partial charge in [0, 0.05) is 19.3 Å². The lowest BCUT2D eigenvalue weighted by Gasteiger charge is -2.18. The van der Waals surface area contributed by atoms with Gasteiger partial charge in [0.05, 0.1) is 0 Å². The fourth-order valence-corrected chi connectivity index (χ4v) is 10.1. The molecule has 0 fully saturated rings. The fraction of sp³-hybridized carbons (Fsp3) is 0.819. The third kappa shape index (κ3) is 63.9. The van der Waals surface area contributed by atoms with E-state index in [1.165, 1.54) is 231 Å². The van der Waals surface area contributed by atoms with Crippen molar-refractivity contribution in [3.05, 3.63) is 60.8 Å². The summed E-state index contributed by atoms with van der Waals surface area (Å²) in [5.41, 5.74) is 0. The Bertz CT molecular complexity index is 1390. The maximum absolute atomic E-state index is 13.0. The van der Waals surface area contributed by atoms with Crippen LogP contribution in [-0.2, 0) is 28.6 Å². The summed E-state index contributed by atoms with van der Waals surface area (Å²) in [5.74, 6) is -0.860. The molecule has 1 atom stereocenters. The lowest BCUT2D eigenvalue weighted by molar-refractivity contribution is -0.167. The van der Waals surface area contributed by atoms with Gasteiger partial charge in [-0.05, 0) is 83.5 Å². The number of allylic oxidation sites excluding steroid dienone is 10. The van der Waals surface area contributed by atoms with E-state index in [1.807, 2.05) is 0 Å². The van der Waals surface area contributed by atoms with Crippen LogP contribution in [0.15, 0.2) is 60.8 Å². The van der Waals surface area contributed by atoms with Crippen molar-refractivity contribution in [2.24, 2.45) is 0 Å². The molecule has 0 heterocycles. The SMILES string of the molecule is CC/C=C\C/C=C\C/C=C\C/C=C\CCCCCCCCCCC(=O)OCC(COC(=O)CCCCCCCCCCCCCCCCCCCC)OC(=O)CCCCCCCCCCC/C=C\CCCCCCCCCC. The van der Waals surface area contributed by atoms with Crippen molar-refractivity contribution in [2.45, 2.75) is 367 Å². The zero-order valence-electron chi connectivity index (χ0n) is 52.2. The van der Waals surface area contributed by atoms with E-state index in [0.717, 1.165) is 89.9 Å². The van der Waals surface area contributed by atoms with Crippen LogP contribution in [0.2, 0.25) is 0 Å². The van der Waals surface area contributed by atoms with Crippen LogP contribution in [0.3, 0.4) is 0 Å². The van der Waals surface area contributed by atoms with Crippen molar-refractivity contribution in [3.63, 3.8) is 0 Å². The molecule has 0 aliphatic rings. The van der Waals surface area contributed by atoms with Gasteiger partial charge < -0.3 is 14.2 Å². The average Bonchev–Trinajstić information content (AvgIpc) is 3.44. The second-order valence-electron chi connectivity index (χ2n) is 23.1.